The Hall–Kier alpha value is -1.29. The summed E-state index contributed by atoms with van der Waals surface area (Å²) < 4.78 is 5.23. The predicted molar refractivity (Wildman–Crippen MR) is 85.7 cm³/mol. The molecule has 4 heteroatoms. The average molecular weight is 294 g/mol. The fourth-order valence-corrected chi connectivity index (χ4v) is 3.88. The summed E-state index contributed by atoms with van der Waals surface area (Å²) in [6, 6.07) is 3.46. The first-order valence-electron chi connectivity index (χ1n) is 7.34. The van der Waals surface area contributed by atoms with Gasteiger partial charge in [0.2, 0.25) is 0 Å². The van der Waals surface area contributed by atoms with Gasteiger partial charge >= 0.3 is 5.97 Å². The maximum Gasteiger partial charge on any atom is 0.338 e. The quantitative estimate of drug-likeness (QED) is 0.645. The summed E-state index contributed by atoms with van der Waals surface area (Å²) in [4.78, 5) is 12.3. The van der Waals surface area contributed by atoms with Crippen molar-refractivity contribution < 1.29 is 14.6 Å². The third-order valence-corrected chi connectivity index (χ3v) is 5.30. The van der Waals surface area contributed by atoms with Gasteiger partial charge in [-0.2, -0.15) is 0 Å². The van der Waals surface area contributed by atoms with E-state index in [9.17, 15) is 9.90 Å². The van der Waals surface area contributed by atoms with Crippen LogP contribution in [-0.2, 0) is 11.2 Å². The fraction of sp³-hybridized carbons (Fsp3) is 0.562. The van der Waals surface area contributed by atoms with Crippen LogP contribution in [0.4, 0.5) is 0 Å². The monoisotopic (exact) mass is 294 g/mol. The number of benzene rings is 1. The van der Waals surface area contributed by atoms with Crippen LogP contribution in [0.25, 0.3) is 0 Å². The lowest BCUT2D eigenvalue weighted by Crippen LogP contribution is -2.42. The Morgan fingerprint density at radius 1 is 1.25 bits per heavy atom. The Morgan fingerprint density at radius 2 is 1.90 bits per heavy atom. The van der Waals surface area contributed by atoms with Crippen LogP contribution in [0.5, 0.6) is 5.75 Å². The molecule has 0 bridgehead atoms. The van der Waals surface area contributed by atoms with E-state index in [1.807, 2.05) is 6.92 Å². The highest BCUT2D eigenvalue weighted by atomic mass is 28.3. The van der Waals surface area contributed by atoms with Gasteiger partial charge < -0.3 is 9.84 Å². The summed E-state index contributed by atoms with van der Waals surface area (Å²) in [5, 5.41) is 11.0. The summed E-state index contributed by atoms with van der Waals surface area (Å²) in [5.74, 6) is -0.00222. The molecule has 3 nitrogen and oxygen atoms in total. The Labute approximate surface area is 123 Å². The fourth-order valence-electron chi connectivity index (χ4n) is 2.29. The number of ether oxygens (including phenoxy) is 1. The van der Waals surface area contributed by atoms with Crippen molar-refractivity contribution in [1.82, 2.24) is 0 Å². The maximum atomic E-state index is 12.3. The highest BCUT2D eigenvalue weighted by molar-refractivity contribution is 6.89. The minimum Gasteiger partial charge on any atom is -0.508 e. The molecule has 1 aromatic carbocycles. The minimum atomic E-state index is -1.73. The number of rotatable bonds is 6. The molecule has 0 amide bonds. The molecule has 0 atom stereocenters. The van der Waals surface area contributed by atoms with Crippen molar-refractivity contribution in [2.24, 2.45) is 0 Å². The number of aromatic hydroxyl groups is 1. The smallest absolute Gasteiger partial charge is 0.338 e. The first-order valence-corrected chi connectivity index (χ1v) is 10.8. The molecular formula is C16H26O3Si. The molecule has 1 aromatic rings. The largest absolute Gasteiger partial charge is 0.508 e. The number of carbonyl (C=O) groups excluding carboxylic acids is 1. The van der Waals surface area contributed by atoms with Crippen LogP contribution in [0.2, 0.25) is 19.6 Å². The van der Waals surface area contributed by atoms with Crippen molar-refractivity contribution in [3.63, 3.8) is 0 Å². The van der Waals surface area contributed by atoms with Crippen molar-refractivity contribution in [3.8, 4) is 5.75 Å². The summed E-state index contributed by atoms with van der Waals surface area (Å²) in [7, 11) is -1.73. The molecule has 1 rings (SSSR count). The first-order chi connectivity index (χ1) is 9.31. The van der Waals surface area contributed by atoms with Crippen molar-refractivity contribution >= 4 is 19.2 Å². The van der Waals surface area contributed by atoms with E-state index in [1.54, 1.807) is 12.1 Å². The second kappa shape index (κ2) is 6.93. The van der Waals surface area contributed by atoms with Crippen molar-refractivity contribution in [2.75, 3.05) is 6.61 Å². The normalized spacial score (nSPS) is 11.4. The highest BCUT2D eigenvalue weighted by Gasteiger charge is 2.27. The molecule has 20 heavy (non-hydrogen) atoms. The number of aryl methyl sites for hydroxylation is 1. The number of hydrogen-bond acceptors (Lipinski definition) is 3. The van der Waals surface area contributed by atoms with E-state index >= 15 is 0 Å². The van der Waals surface area contributed by atoms with Gasteiger partial charge in [0.1, 0.15) is 5.75 Å². The lowest BCUT2D eigenvalue weighted by molar-refractivity contribution is 0.0526. The van der Waals surface area contributed by atoms with Crippen LogP contribution in [-0.4, -0.2) is 25.8 Å². The Bertz CT molecular complexity index is 475. The van der Waals surface area contributed by atoms with Gasteiger partial charge in [-0.3, -0.25) is 0 Å². The molecule has 0 saturated heterocycles. The van der Waals surface area contributed by atoms with Crippen LogP contribution < -0.4 is 5.19 Å². The summed E-state index contributed by atoms with van der Waals surface area (Å²) in [6.45, 7) is 10.8. The van der Waals surface area contributed by atoms with Crippen LogP contribution in [0.3, 0.4) is 0 Å². The zero-order valence-electron chi connectivity index (χ0n) is 13.2. The number of hydrogen-bond donors (Lipinski definition) is 1. The van der Waals surface area contributed by atoms with Crippen LogP contribution in [0.15, 0.2) is 12.1 Å². The van der Waals surface area contributed by atoms with Gasteiger partial charge in [0, 0.05) is 0 Å². The van der Waals surface area contributed by atoms with E-state index in [2.05, 4.69) is 26.6 Å². The van der Waals surface area contributed by atoms with Crippen molar-refractivity contribution in [2.45, 2.75) is 52.8 Å². The number of phenols is 1. The number of unbranched alkanes of at least 4 members (excludes halogenated alkanes) is 1. The van der Waals surface area contributed by atoms with E-state index in [0.29, 0.717) is 12.2 Å². The number of carbonyl (C=O) groups is 1. The average Bonchev–Trinajstić information content (AvgIpc) is 2.34. The second-order valence-corrected chi connectivity index (χ2v) is 11.1. The maximum absolute atomic E-state index is 12.3. The lowest BCUT2D eigenvalue weighted by atomic mass is 10.0. The molecule has 0 aliphatic rings. The minimum absolute atomic E-state index is 0.251. The molecule has 0 aromatic heterocycles. The van der Waals surface area contributed by atoms with Crippen LogP contribution in [0.1, 0.15) is 42.6 Å². The summed E-state index contributed by atoms with van der Waals surface area (Å²) in [5.41, 5.74) is 1.61. The van der Waals surface area contributed by atoms with Crippen molar-refractivity contribution in [1.29, 1.82) is 0 Å². The molecule has 0 spiro atoms. The summed E-state index contributed by atoms with van der Waals surface area (Å²) in [6.07, 6.45) is 2.86. The molecule has 0 heterocycles. The van der Waals surface area contributed by atoms with Gasteiger partial charge in [-0.1, -0.05) is 33.0 Å². The van der Waals surface area contributed by atoms with Gasteiger partial charge in [0.25, 0.3) is 0 Å². The first kappa shape index (κ1) is 16.8. The van der Waals surface area contributed by atoms with Gasteiger partial charge in [-0.25, -0.2) is 4.79 Å². The Kier molecular flexibility index (Phi) is 5.81. The summed E-state index contributed by atoms with van der Waals surface area (Å²) >= 11 is 0. The van der Waals surface area contributed by atoms with E-state index in [-0.39, 0.29) is 11.7 Å². The second-order valence-electron chi connectivity index (χ2n) is 6.10. The third kappa shape index (κ3) is 4.10. The predicted octanol–water partition coefficient (Wildman–Crippen LogP) is 3.46. The Balaban J connectivity index is 3.41. The Morgan fingerprint density at radius 3 is 2.40 bits per heavy atom. The molecule has 0 aliphatic heterocycles. The van der Waals surface area contributed by atoms with E-state index in [1.165, 1.54) is 0 Å². The standard InChI is InChI=1S/C16H26O3Si/c1-6-8-9-12-10-13(17)11-14(20(3,4)5)15(12)16(18)19-7-2/h10-11,17H,6-9H2,1-5H3. The van der Waals surface area contributed by atoms with E-state index in [0.717, 1.165) is 30.0 Å². The zero-order chi connectivity index (χ0) is 15.3. The van der Waals surface area contributed by atoms with E-state index < -0.39 is 8.07 Å². The topological polar surface area (TPSA) is 46.5 Å². The molecule has 0 saturated carbocycles. The third-order valence-electron chi connectivity index (χ3n) is 3.29. The van der Waals surface area contributed by atoms with Gasteiger partial charge in [0.15, 0.2) is 0 Å². The SMILES string of the molecule is CCCCc1cc(O)cc([Si](C)(C)C)c1C(=O)OCC. The van der Waals surface area contributed by atoms with Gasteiger partial charge in [0.05, 0.1) is 20.2 Å². The molecule has 0 unspecified atom stereocenters. The molecule has 0 fully saturated rings. The molecule has 0 aliphatic carbocycles. The lowest BCUT2D eigenvalue weighted by Gasteiger charge is -2.23. The molecule has 1 N–H and O–H groups in total. The van der Waals surface area contributed by atoms with E-state index in [4.69, 9.17) is 4.74 Å². The highest BCUT2D eigenvalue weighted by Crippen LogP contribution is 2.21. The molecular weight excluding hydrogens is 268 g/mol. The van der Waals surface area contributed by atoms with Crippen LogP contribution in [0, 0.1) is 0 Å². The van der Waals surface area contributed by atoms with Gasteiger partial charge in [-0.05, 0) is 42.6 Å². The number of esters is 1. The zero-order valence-corrected chi connectivity index (χ0v) is 14.2. The molecule has 112 valence electrons. The van der Waals surface area contributed by atoms with Crippen molar-refractivity contribution in [3.05, 3.63) is 23.3 Å². The van der Waals surface area contributed by atoms with Gasteiger partial charge in [-0.15, -0.1) is 0 Å². The molecule has 0 radical (unpaired) electrons. The van der Waals surface area contributed by atoms with Crippen LogP contribution >= 0.6 is 0 Å². The number of phenolic OH excluding ortho intramolecular Hbond substituents is 1.